The second-order valence-corrected chi connectivity index (χ2v) is 3.25. The van der Waals surface area contributed by atoms with Gasteiger partial charge in [-0.2, -0.15) is 0 Å². The molecule has 2 rings (SSSR count). The van der Waals surface area contributed by atoms with Crippen molar-refractivity contribution >= 4 is 11.7 Å². The lowest BCUT2D eigenvalue weighted by atomic mass is 10.0. The molecule has 0 unspecified atom stereocenters. The largest absolute Gasteiger partial charge is 0.478 e. The van der Waals surface area contributed by atoms with Crippen molar-refractivity contribution in [3.05, 3.63) is 28.8 Å². The molecule has 0 fully saturated rings. The molecule has 0 aromatic heterocycles. The van der Waals surface area contributed by atoms with Crippen molar-refractivity contribution in [2.75, 3.05) is 11.9 Å². The van der Waals surface area contributed by atoms with E-state index in [-0.39, 0.29) is 0 Å². The van der Waals surface area contributed by atoms with E-state index in [4.69, 9.17) is 5.11 Å². The fourth-order valence-electron chi connectivity index (χ4n) is 1.80. The van der Waals surface area contributed by atoms with Crippen LogP contribution < -0.4 is 5.32 Å². The number of carbonyl (C=O) groups is 1. The van der Waals surface area contributed by atoms with Crippen LogP contribution >= 0.6 is 0 Å². The second kappa shape index (κ2) is 2.76. The number of carboxylic acids is 1. The van der Waals surface area contributed by atoms with Crippen molar-refractivity contribution in [3.63, 3.8) is 0 Å². The number of hydrogen-bond donors (Lipinski definition) is 2. The third kappa shape index (κ3) is 1.16. The summed E-state index contributed by atoms with van der Waals surface area (Å²) in [6.07, 6.45) is 0.933. The Labute approximate surface area is 76.4 Å². The summed E-state index contributed by atoms with van der Waals surface area (Å²) in [4.78, 5) is 10.8. The molecule has 1 aliphatic heterocycles. The Bertz CT molecular complexity index is 371. The van der Waals surface area contributed by atoms with Gasteiger partial charge >= 0.3 is 5.97 Å². The van der Waals surface area contributed by atoms with E-state index in [1.54, 1.807) is 6.07 Å². The maximum atomic E-state index is 10.8. The van der Waals surface area contributed by atoms with Crippen LogP contribution in [0.1, 0.15) is 21.5 Å². The lowest BCUT2D eigenvalue weighted by Gasteiger charge is -2.06. The van der Waals surface area contributed by atoms with Gasteiger partial charge in [-0.25, -0.2) is 4.79 Å². The molecule has 0 saturated heterocycles. The van der Waals surface area contributed by atoms with Crippen molar-refractivity contribution in [2.45, 2.75) is 13.3 Å². The zero-order valence-corrected chi connectivity index (χ0v) is 7.42. The van der Waals surface area contributed by atoms with E-state index < -0.39 is 5.97 Å². The summed E-state index contributed by atoms with van der Waals surface area (Å²) >= 11 is 0. The molecular formula is C10H11NO2. The first-order valence-electron chi connectivity index (χ1n) is 4.30. The van der Waals surface area contributed by atoms with Gasteiger partial charge in [0.1, 0.15) is 0 Å². The first-order chi connectivity index (χ1) is 6.20. The molecule has 0 aliphatic carbocycles. The highest BCUT2D eigenvalue weighted by molar-refractivity contribution is 5.91. The van der Waals surface area contributed by atoms with Crippen molar-refractivity contribution in [1.29, 1.82) is 0 Å². The zero-order valence-electron chi connectivity index (χ0n) is 7.42. The summed E-state index contributed by atoms with van der Waals surface area (Å²) < 4.78 is 0. The Hall–Kier alpha value is -1.51. The van der Waals surface area contributed by atoms with Crippen LogP contribution in [0.25, 0.3) is 0 Å². The molecule has 0 amide bonds. The Morgan fingerprint density at radius 3 is 3.00 bits per heavy atom. The van der Waals surface area contributed by atoms with E-state index in [0.29, 0.717) is 5.56 Å². The van der Waals surface area contributed by atoms with Crippen LogP contribution in [0, 0.1) is 6.92 Å². The fourth-order valence-corrected chi connectivity index (χ4v) is 1.80. The minimum atomic E-state index is -0.841. The monoisotopic (exact) mass is 177 g/mol. The van der Waals surface area contributed by atoms with Crippen LogP contribution in [-0.2, 0) is 6.42 Å². The Morgan fingerprint density at radius 2 is 2.31 bits per heavy atom. The predicted octanol–water partition coefficient (Wildman–Crippen LogP) is 1.66. The summed E-state index contributed by atoms with van der Waals surface area (Å²) in [5.41, 5.74) is 3.56. The van der Waals surface area contributed by atoms with Gasteiger partial charge in [-0.1, -0.05) is 0 Å². The maximum Gasteiger partial charge on any atom is 0.335 e. The molecule has 0 atom stereocenters. The average molecular weight is 177 g/mol. The summed E-state index contributed by atoms with van der Waals surface area (Å²) in [6, 6.07) is 3.51. The number of rotatable bonds is 1. The molecule has 1 aromatic rings. The standard InChI is InChI=1S/C10H11NO2/c1-6-7-4-5-11-9(7)3-2-8(6)10(12)13/h2-3,11H,4-5H2,1H3,(H,12,13). The fraction of sp³-hybridized carbons (Fsp3) is 0.300. The average Bonchev–Trinajstić information content (AvgIpc) is 2.52. The number of carboxylic acid groups (broad SMARTS) is 1. The van der Waals surface area contributed by atoms with Crippen LogP contribution in [0.15, 0.2) is 12.1 Å². The van der Waals surface area contributed by atoms with E-state index in [2.05, 4.69) is 5.32 Å². The molecule has 0 spiro atoms. The molecule has 68 valence electrons. The van der Waals surface area contributed by atoms with Crippen molar-refractivity contribution in [3.8, 4) is 0 Å². The highest BCUT2D eigenvalue weighted by atomic mass is 16.4. The molecule has 1 heterocycles. The van der Waals surface area contributed by atoms with E-state index in [9.17, 15) is 4.79 Å². The minimum absolute atomic E-state index is 0.419. The number of benzene rings is 1. The van der Waals surface area contributed by atoms with E-state index in [1.807, 2.05) is 13.0 Å². The molecule has 3 heteroatoms. The Balaban J connectivity index is 2.59. The van der Waals surface area contributed by atoms with Crippen molar-refractivity contribution in [2.24, 2.45) is 0 Å². The summed E-state index contributed by atoms with van der Waals surface area (Å²) in [6.45, 7) is 2.79. The lowest BCUT2D eigenvalue weighted by Crippen LogP contribution is -2.01. The van der Waals surface area contributed by atoms with E-state index >= 15 is 0 Å². The molecule has 2 N–H and O–H groups in total. The van der Waals surface area contributed by atoms with Crippen LogP contribution in [0.4, 0.5) is 5.69 Å². The van der Waals surface area contributed by atoms with Gasteiger partial charge < -0.3 is 10.4 Å². The Morgan fingerprint density at radius 1 is 1.54 bits per heavy atom. The molecule has 0 bridgehead atoms. The van der Waals surface area contributed by atoms with E-state index in [1.165, 1.54) is 0 Å². The van der Waals surface area contributed by atoms with Gasteiger partial charge in [-0.05, 0) is 36.6 Å². The first-order valence-corrected chi connectivity index (χ1v) is 4.30. The number of hydrogen-bond acceptors (Lipinski definition) is 2. The van der Waals surface area contributed by atoms with Gasteiger partial charge in [0, 0.05) is 12.2 Å². The van der Waals surface area contributed by atoms with Gasteiger partial charge in [-0.15, -0.1) is 0 Å². The number of nitrogens with one attached hydrogen (secondary N) is 1. The molecule has 0 radical (unpaired) electrons. The smallest absolute Gasteiger partial charge is 0.335 e. The predicted molar refractivity (Wildman–Crippen MR) is 50.3 cm³/mol. The summed E-state index contributed by atoms with van der Waals surface area (Å²) in [7, 11) is 0. The van der Waals surface area contributed by atoms with Gasteiger partial charge in [0.15, 0.2) is 0 Å². The van der Waals surface area contributed by atoms with E-state index in [0.717, 1.165) is 29.8 Å². The molecular weight excluding hydrogens is 166 g/mol. The second-order valence-electron chi connectivity index (χ2n) is 3.25. The number of aromatic carboxylic acids is 1. The molecule has 1 aromatic carbocycles. The zero-order chi connectivity index (χ0) is 9.42. The van der Waals surface area contributed by atoms with Gasteiger partial charge in [-0.3, -0.25) is 0 Å². The summed E-state index contributed by atoms with van der Waals surface area (Å²) in [5.74, 6) is -0.841. The van der Waals surface area contributed by atoms with Gasteiger partial charge in [0.05, 0.1) is 5.56 Å². The van der Waals surface area contributed by atoms with Crippen LogP contribution in [0.5, 0.6) is 0 Å². The maximum absolute atomic E-state index is 10.8. The quantitative estimate of drug-likeness (QED) is 0.685. The Kier molecular flexibility index (Phi) is 1.72. The van der Waals surface area contributed by atoms with Crippen LogP contribution in [0.2, 0.25) is 0 Å². The normalized spacial score (nSPS) is 13.6. The third-order valence-corrected chi connectivity index (χ3v) is 2.52. The van der Waals surface area contributed by atoms with Crippen LogP contribution in [-0.4, -0.2) is 17.6 Å². The number of fused-ring (bicyclic) bond motifs is 1. The minimum Gasteiger partial charge on any atom is -0.478 e. The highest BCUT2D eigenvalue weighted by Crippen LogP contribution is 2.27. The van der Waals surface area contributed by atoms with Crippen molar-refractivity contribution < 1.29 is 9.90 Å². The third-order valence-electron chi connectivity index (χ3n) is 2.52. The molecule has 0 saturated carbocycles. The van der Waals surface area contributed by atoms with Gasteiger partial charge in [0.2, 0.25) is 0 Å². The highest BCUT2D eigenvalue weighted by Gasteiger charge is 2.17. The lowest BCUT2D eigenvalue weighted by molar-refractivity contribution is 0.0696. The van der Waals surface area contributed by atoms with Crippen molar-refractivity contribution in [1.82, 2.24) is 0 Å². The van der Waals surface area contributed by atoms with Gasteiger partial charge in [0.25, 0.3) is 0 Å². The number of anilines is 1. The molecule has 1 aliphatic rings. The molecule has 3 nitrogen and oxygen atoms in total. The topological polar surface area (TPSA) is 49.3 Å². The SMILES string of the molecule is Cc1c(C(=O)O)ccc2c1CCN2. The van der Waals surface area contributed by atoms with Crippen LogP contribution in [0.3, 0.4) is 0 Å². The summed E-state index contributed by atoms with van der Waals surface area (Å²) in [5, 5.41) is 12.1. The first kappa shape index (κ1) is 8.10. The molecule has 13 heavy (non-hydrogen) atoms.